The molecule has 5 heteroatoms. The van der Waals surface area contributed by atoms with Crippen LogP contribution < -0.4 is 10.2 Å². The van der Waals surface area contributed by atoms with Gasteiger partial charge in [-0.25, -0.2) is 9.29 Å². The molecule has 0 spiro atoms. The van der Waals surface area contributed by atoms with Gasteiger partial charge < -0.3 is 5.32 Å². The van der Waals surface area contributed by atoms with Crippen molar-refractivity contribution in [1.82, 2.24) is 0 Å². The minimum atomic E-state index is -0.448. The first-order valence-electron chi connectivity index (χ1n) is 10.6. The summed E-state index contributed by atoms with van der Waals surface area (Å²) in [5.74, 6) is -1.22. The van der Waals surface area contributed by atoms with Gasteiger partial charge in [0.05, 0.1) is 11.3 Å². The van der Waals surface area contributed by atoms with Crippen LogP contribution in [0.2, 0.25) is 0 Å². The average Bonchev–Trinajstić information content (AvgIpc) is 3.04. The molecule has 4 nitrogen and oxygen atoms in total. The zero-order chi connectivity index (χ0) is 23.1. The predicted molar refractivity (Wildman–Crippen MR) is 129 cm³/mol. The standard InChI is InChI=1S/C28H21FN2O2/c1-17-10-15-22(18(2)16-17)25-26(30-21-13-11-20(29)12-14-21)28(33)31(27(25)32)24-9-5-7-19-6-3-4-8-23(19)24/h3-16,30H,1-2H3. The highest BCUT2D eigenvalue weighted by atomic mass is 19.1. The van der Waals surface area contributed by atoms with E-state index in [1.165, 1.54) is 17.0 Å². The minimum absolute atomic E-state index is 0.173. The zero-order valence-electron chi connectivity index (χ0n) is 18.2. The number of aryl methyl sites for hydroxylation is 2. The molecule has 0 saturated carbocycles. The number of amides is 2. The van der Waals surface area contributed by atoms with E-state index in [4.69, 9.17) is 0 Å². The summed E-state index contributed by atoms with van der Waals surface area (Å²) in [5.41, 5.74) is 4.17. The normalized spacial score (nSPS) is 13.8. The third-order valence-corrected chi connectivity index (χ3v) is 5.86. The van der Waals surface area contributed by atoms with Gasteiger partial charge in [0, 0.05) is 11.1 Å². The first-order chi connectivity index (χ1) is 15.9. The summed E-state index contributed by atoms with van der Waals surface area (Å²) in [6.07, 6.45) is 0. The Bertz CT molecular complexity index is 1450. The minimum Gasteiger partial charge on any atom is -0.350 e. The van der Waals surface area contributed by atoms with Crippen molar-refractivity contribution >= 4 is 39.5 Å². The topological polar surface area (TPSA) is 49.4 Å². The fourth-order valence-electron chi connectivity index (χ4n) is 4.29. The van der Waals surface area contributed by atoms with Crippen LogP contribution in [0.25, 0.3) is 16.3 Å². The van der Waals surface area contributed by atoms with Crippen LogP contribution in [0.5, 0.6) is 0 Å². The van der Waals surface area contributed by atoms with Crippen LogP contribution in [-0.2, 0) is 9.59 Å². The van der Waals surface area contributed by atoms with E-state index in [9.17, 15) is 14.0 Å². The molecule has 0 fully saturated rings. The predicted octanol–water partition coefficient (Wildman–Crippen LogP) is 5.99. The number of carbonyl (C=O) groups excluding carboxylic acids is 2. The van der Waals surface area contributed by atoms with Crippen LogP contribution in [-0.4, -0.2) is 11.8 Å². The molecular formula is C28H21FN2O2. The molecule has 4 aromatic rings. The third kappa shape index (κ3) is 3.57. The van der Waals surface area contributed by atoms with Gasteiger partial charge in [-0.05, 0) is 60.7 Å². The van der Waals surface area contributed by atoms with Crippen LogP contribution in [0.3, 0.4) is 0 Å². The van der Waals surface area contributed by atoms with Gasteiger partial charge in [0.1, 0.15) is 11.5 Å². The molecule has 33 heavy (non-hydrogen) atoms. The molecular weight excluding hydrogens is 415 g/mol. The Kier molecular flexibility index (Phi) is 5.02. The number of halogens is 1. The molecule has 1 aliphatic heterocycles. The number of carbonyl (C=O) groups is 2. The second kappa shape index (κ2) is 8.02. The van der Waals surface area contributed by atoms with E-state index in [2.05, 4.69) is 5.32 Å². The molecule has 1 heterocycles. The molecule has 162 valence electrons. The Morgan fingerprint density at radius 1 is 0.788 bits per heavy atom. The van der Waals surface area contributed by atoms with Crippen molar-refractivity contribution in [3.63, 3.8) is 0 Å². The molecule has 0 saturated heterocycles. The second-order valence-electron chi connectivity index (χ2n) is 8.14. The maximum absolute atomic E-state index is 13.8. The molecule has 2 amide bonds. The molecule has 0 aromatic heterocycles. The van der Waals surface area contributed by atoms with Gasteiger partial charge in [0.25, 0.3) is 11.8 Å². The third-order valence-electron chi connectivity index (χ3n) is 5.86. The number of fused-ring (bicyclic) bond motifs is 1. The number of hydrogen-bond acceptors (Lipinski definition) is 3. The van der Waals surface area contributed by atoms with Gasteiger partial charge in [-0.1, -0.05) is 60.2 Å². The summed E-state index contributed by atoms with van der Waals surface area (Å²) in [7, 11) is 0. The summed E-state index contributed by atoms with van der Waals surface area (Å²) in [6.45, 7) is 3.90. The lowest BCUT2D eigenvalue weighted by molar-refractivity contribution is -0.120. The van der Waals surface area contributed by atoms with Crippen molar-refractivity contribution in [2.24, 2.45) is 0 Å². The number of nitrogens with zero attached hydrogens (tertiary/aromatic N) is 1. The van der Waals surface area contributed by atoms with Crippen LogP contribution in [0, 0.1) is 19.7 Å². The average molecular weight is 436 g/mol. The monoisotopic (exact) mass is 436 g/mol. The van der Waals surface area contributed by atoms with Crippen molar-refractivity contribution in [2.45, 2.75) is 13.8 Å². The summed E-state index contributed by atoms with van der Waals surface area (Å²) in [5, 5.41) is 4.83. The van der Waals surface area contributed by atoms with E-state index in [0.717, 1.165) is 21.9 Å². The fourth-order valence-corrected chi connectivity index (χ4v) is 4.29. The maximum atomic E-state index is 13.8. The molecule has 0 bridgehead atoms. The van der Waals surface area contributed by atoms with E-state index >= 15 is 0 Å². The van der Waals surface area contributed by atoms with Crippen LogP contribution in [0.1, 0.15) is 16.7 Å². The van der Waals surface area contributed by atoms with Crippen molar-refractivity contribution in [1.29, 1.82) is 0 Å². The van der Waals surface area contributed by atoms with Crippen molar-refractivity contribution in [3.05, 3.63) is 113 Å². The number of nitrogens with one attached hydrogen (secondary N) is 1. The molecule has 0 atom stereocenters. The first kappa shape index (κ1) is 20.6. The molecule has 1 N–H and O–H groups in total. The van der Waals surface area contributed by atoms with E-state index in [0.29, 0.717) is 22.5 Å². The van der Waals surface area contributed by atoms with Crippen molar-refractivity contribution in [3.8, 4) is 0 Å². The molecule has 4 aromatic carbocycles. The van der Waals surface area contributed by atoms with Crippen molar-refractivity contribution < 1.29 is 14.0 Å². The summed E-state index contributed by atoms with van der Waals surface area (Å²) < 4.78 is 13.4. The maximum Gasteiger partial charge on any atom is 0.282 e. The number of rotatable bonds is 4. The van der Waals surface area contributed by atoms with E-state index in [1.807, 2.05) is 68.4 Å². The van der Waals surface area contributed by atoms with Crippen LogP contribution in [0.15, 0.2) is 90.6 Å². The van der Waals surface area contributed by atoms with Gasteiger partial charge in [0.2, 0.25) is 0 Å². The zero-order valence-corrected chi connectivity index (χ0v) is 18.2. The van der Waals surface area contributed by atoms with Gasteiger partial charge in [0.15, 0.2) is 0 Å². The number of hydrogen-bond donors (Lipinski definition) is 1. The lowest BCUT2D eigenvalue weighted by Crippen LogP contribution is -2.32. The molecule has 0 aliphatic carbocycles. The number of anilines is 2. The van der Waals surface area contributed by atoms with E-state index in [-0.39, 0.29) is 11.5 Å². The Labute approximate surface area is 191 Å². The summed E-state index contributed by atoms with van der Waals surface area (Å²) in [4.78, 5) is 28.7. The fraction of sp³-hybridized carbons (Fsp3) is 0.0714. The lowest BCUT2D eigenvalue weighted by Gasteiger charge is -2.18. The SMILES string of the molecule is Cc1ccc(C2=C(Nc3ccc(F)cc3)C(=O)N(c3cccc4ccccc34)C2=O)c(C)c1. The molecule has 5 rings (SSSR count). The Hall–Kier alpha value is -4.25. The Morgan fingerprint density at radius 3 is 2.27 bits per heavy atom. The first-order valence-corrected chi connectivity index (χ1v) is 10.6. The lowest BCUT2D eigenvalue weighted by atomic mass is 9.97. The second-order valence-corrected chi connectivity index (χ2v) is 8.14. The van der Waals surface area contributed by atoms with Gasteiger partial charge in [-0.15, -0.1) is 0 Å². The van der Waals surface area contributed by atoms with Gasteiger partial charge >= 0.3 is 0 Å². The van der Waals surface area contributed by atoms with Crippen molar-refractivity contribution in [2.75, 3.05) is 10.2 Å². The molecule has 0 radical (unpaired) electrons. The Balaban J connectivity index is 1.68. The number of imide groups is 1. The quantitative estimate of drug-likeness (QED) is 0.400. The van der Waals surface area contributed by atoms with Gasteiger partial charge in [-0.3, -0.25) is 9.59 Å². The van der Waals surface area contributed by atoms with Gasteiger partial charge in [-0.2, -0.15) is 0 Å². The van der Waals surface area contributed by atoms with Crippen LogP contribution in [0.4, 0.5) is 15.8 Å². The summed E-state index contributed by atoms with van der Waals surface area (Å²) in [6, 6.07) is 24.7. The highest BCUT2D eigenvalue weighted by molar-refractivity contribution is 6.47. The van der Waals surface area contributed by atoms with E-state index < -0.39 is 11.8 Å². The molecule has 1 aliphatic rings. The highest BCUT2D eigenvalue weighted by Crippen LogP contribution is 2.37. The number of benzene rings is 4. The highest BCUT2D eigenvalue weighted by Gasteiger charge is 2.41. The summed E-state index contributed by atoms with van der Waals surface area (Å²) >= 11 is 0. The Morgan fingerprint density at radius 2 is 1.52 bits per heavy atom. The van der Waals surface area contributed by atoms with E-state index in [1.54, 1.807) is 18.2 Å². The largest absolute Gasteiger partial charge is 0.350 e. The van der Waals surface area contributed by atoms with Crippen LogP contribution >= 0.6 is 0 Å². The molecule has 0 unspecified atom stereocenters. The smallest absolute Gasteiger partial charge is 0.282 e.